The number of allylic oxidation sites excluding steroid dienone is 3. The normalized spacial score (nSPS) is 44.3. The van der Waals surface area contributed by atoms with E-state index in [0.29, 0.717) is 37.7 Å². The third kappa shape index (κ3) is 12.2. The van der Waals surface area contributed by atoms with E-state index in [1.165, 1.54) is 0 Å². The third-order valence-electron chi connectivity index (χ3n) is 13.1. The van der Waals surface area contributed by atoms with E-state index in [0.717, 1.165) is 5.57 Å². The largest absolute Gasteiger partial charge is 0.462 e. The number of ketones is 1. The molecule has 1 N–H and O–H groups in total. The van der Waals surface area contributed by atoms with E-state index in [1.807, 2.05) is 39.8 Å². The molecule has 0 amide bonds. The molecule has 0 aromatic rings. The van der Waals surface area contributed by atoms with Gasteiger partial charge in [0.15, 0.2) is 18.4 Å². The minimum Gasteiger partial charge on any atom is -0.462 e. The molecule has 3 heterocycles. The van der Waals surface area contributed by atoms with E-state index in [1.54, 1.807) is 13.2 Å². The van der Waals surface area contributed by atoms with Crippen LogP contribution in [0.4, 0.5) is 0 Å². The van der Waals surface area contributed by atoms with Crippen LogP contribution in [-0.4, -0.2) is 105 Å². The Kier molecular flexibility index (Phi) is 18.1. The molecule has 0 spiro atoms. The average molecular weight is 750 g/mol. The summed E-state index contributed by atoms with van der Waals surface area (Å²) in [5, 5.41) is 11.8. The molecule has 10 nitrogen and oxygen atoms in total. The van der Waals surface area contributed by atoms with Gasteiger partial charge in [-0.05, 0) is 83.9 Å². The van der Waals surface area contributed by atoms with Gasteiger partial charge in [0.1, 0.15) is 6.10 Å². The van der Waals surface area contributed by atoms with Gasteiger partial charge >= 0.3 is 5.97 Å². The smallest absolute Gasteiger partial charge is 0.308 e. The van der Waals surface area contributed by atoms with Crippen LogP contribution in [-0.2, 0) is 38.0 Å². The summed E-state index contributed by atoms with van der Waals surface area (Å²) in [7, 11) is 5.83. The van der Waals surface area contributed by atoms with Gasteiger partial charge in [0, 0.05) is 49.3 Å². The fraction of sp³-hybridized carbons (Fsp3) is 0.860. The van der Waals surface area contributed by atoms with Crippen molar-refractivity contribution in [1.82, 2.24) is 4.90 Å². The second-order valence-electron chi connectivity index (χ2n) is 17.2. The zero-order chi connectivity index (χ0) is 39.7. The monoisotopic (exact) mass is 750 g/mol. The minimum atomic E-state index is -1.05. The number of aliphatic hydroxyl groups is 1. The van der Waals surface area contributed by atoms with Crippen LogP contribution in [0.15, 0.2) is 23.8 Å². The molecule has 306 valence electrons. The van der Waals surface area contributed by atoms with E-state index in [-0.39, 0.29) is 78.9 Å². The second kappa shape index (κ2) is 21.0. The van der Waals surface area contributed by atoms with Crippen molar-refractivity contribution < 1.29 is 43.1 Å². The molecule has 3 aliphatic heterocycles. The summed E-state index contributed by atoms with van der Waals surface area (Å²) < 4.78 is 37.9. The first-order chi connectivity index (χ1) is 24.9. The third-order valence-corrected chi connectivity index (χ3v) is 13.1. The van der Waals surface area contributed by atoms with Crippen LogP contribution in [0.25, 0.3) is 0 Å². The number of hydrogen-bond donors (Lipinski definition) is 1. The number of aliphatic hydroxyl groups excluding tert-OH is 1. The highest BCUT2D eigenvalue weighted by atomic mass is 16.7. The van der Waals surface area contributed by atoms with Gasteiger partial charge in [0.2, 0.25) is 0 Å². The van der Waals surface area contributed by atoms with Crippen LogP contribution >= 0.6 is 0 Å². The van der Waals surface area contributed by atoms with Crippen molar-refractivity contribution in [3.8, 4) is 0 Å². The highest BCUT2D eigenvalue weighted by molar-refractivity contribution is 5.91. The number of cyclic esters (lactones) is 1. The molecule has 53 heavy (non-hydrogen) atoms. The molecular weight excluding hydrogens is 674 g/mol. The Balaban J connectivity index is 1.96. The first kappa shape index (κ1) is 45.7. The lowest BCUT2D eigenvalue weighted by Crippen LogP contribution is -2.56. The van der Waals surface area contributed by atoms with Crippen LogP contribution in [0.5, 0.6) is 0 Å². The Morgan fingerprint density at radius 1 is 0.849 bits per heavy atom. The highest BCUT2D eigenvalue weighted by Crippen LogP contribution is 2.39. The van der Waals surface area contributed by atoms with Gasteiger partial charge in [-0.25, -0.2) is 0 Å². The minimum absolute atomic E-state index is 0.0180. The molecule has 0 aromatic carbocycles. The zero-order valence-corrected chi connectivity index (χ0v) is 35.5. The Morgan fingerprint density at radius 2 is 1.49 bits per heavy atom. The predicted molar refractivity (Wildman–Crippen MR) is 208 cm³/mol. The van der Waals surface area contributed by atoms with Crippen molar-refractivity contribution in [1.29, 1.82) is 0 Å². The van der Waals surface area contributed by atoms with E-state index >= 15 is 0 Å². The fourth-order valence-electron chi connectivity index (χ4n) is 8.86. The van der Waals surface area contributed by atoms with Crippen LogP contribution in [0.2, 0.25) is 0 Å². The summed E-state index contributed by atoms with van der Waals surface area (Å²) in [6.45, 7) is 23.7. The van der Waals surface area contributed by atoms with E-state index in [2.05, 4.69) is 67.5 Å². The van der Waals surface area contributed by atoms with E-state index in [9.17, 15) is 14.7 Å². The lowest BCUT2D eigenvalue weighted by atomic mass is 9.79. The number of hydrogen-bond acceptors (Lipinski definition) is 10. The van der Waals surface area contributed by atoms with Gasteiger partial charge in [0.05, 0.1) is 37.4 Å². The molecule has 3 aliphatic rings. The summed E-state index contributed by atoms with van der Waals surface area (Å²) >= 11 is 0. The van der Waals surface area contributed by atoms with Gasteiger partial charge in [-0.3, -0.25) is 9.59 Å². The van der Waals surface area contributed by atoms with Gasteiger partial charge in [-0.15, -0.1) is 0 Å². The van der Waals surface area contributed by atoms with Crippen molar-refractivity contribution in [3.05, 3.63) is 23.8 Å². The SMILES string of the molecule is CC[C@H]1OC(=O)C[C@@H](O)[C@H](C)[C@@H](O[C@@H]2O[C@H](C)[C@@H](C)[C@H](N(C)C)[C@H]2C)[C@@H](CCOC)C[C@@H](C)C(=O)/C=C/C(C)=C/[C@@H]1CO[C@@H]1O[C@H](C)[C@@H](C)[C@@H](C)[C@H]1C. The number of carbonyl (C=O) groups is 2. The van der Waals surface area contributed by atoms with Crippen LogP contribution < -0.4 is 0 Å². The summed E-state index contributed by atoms with van der Waals surface area (Å²) in [6, 6.07) is 0.218. The topological polar surface area (TPSA) is 113 Å². The number of esters is 1. The summed E-state index contributed by atoms with van der Waals surface area (Å²) in [4.78, 5) is 29.6. The predicted octanol–water partition coefficient (Wildman–Crippen LogP) is 7.08. The molecular formula is C43H75NO9. The molecule has 0 aliphatic carbocycles. The van der Waals surface area contributed by atoms with Gasteiger partial charge < -0.3 is 38.4 Å². The first-order valence-corrected chi connectivity index (χ1v) is 20.4. The fourth-order valence-corrected chi connectivity index (χ4v) is 8.86. The van der Waals surface area contributed by atoms with Crippen molar-refractivity contribution in [2.75, 3.05) is 34.4 Å². The van der Waals surface area contributed by atoms with E-state index in [4.69, 9.17) is 28.4 Å². The summed E-state index contributed by atoms with van der Waals surface area (Å²) in [6.07, 6.45) is 4.06. The number of nitrogens with zero attached hydrogens (tertiary/aromatic N) is 1. The molecule has 2 saturated heterocycles. The van der Waals surface area contributed by atoms with Crippen molar-refractivity contribution in [3.63, 3.8) is 0 Å². The highest BCUT2D eigenvalue weighted by Gasteiger charge is 2.45. The molecule has 0 bridgehead atoms. The molecule has 17 atom stereocenters. The van der Waals surface area contributed by atoms with Gasteiger partial charge in [-0.1, -0.05) is 73.1 Å². The lowest BCUT2D eigenvalue weighted by Gasteiger charge is -2.48. The van der Waals surface area contributed by atoms with E-state index < -0.39 is 36.5 Å². The summed E-state index contributed by atoms with van der Waals surface area (Å²) in [5.74, 6) is -0.333. The Morgan fingerprint density at radius 3 is 2.11 bits per heavy atom. The van der Waals surface area contributed by atoms with Crippen molar-refractivity contribution in [2.24, 2.45) is 53.3 Å². The summed E-state index contributed by atoms with van der Waals surface area (Å²) in [5.41, 5.74) is 0.877. The first-order valence-electron chi connectivity index (χ1n) is 20.4. The molecule has 0 aromatic heterocycles. The number of methoxy groups -OCH3 is 1. The van der Waals surface area contributed by atoms with Gasteiger partial charge in [-0.2, -0.15) is 0 Å². The maximum atomic E-state index is 13.7. The number of carbonyl (C=O) groups excluding carboxylic acids is 2. The molecule has 0 unspecified atom stereocenters. The second-order valence-corrected chi connectivity index (χ2v) is 17.2. The maximum Gasteiger partial charge on any atom is 0.308 e. The standard InChI is InChI=1S/C43H75NO9/c1-15-38-35(23-49-42-28(6)26(4)27(5)32(10)50-42)20-24(2)16-17-36(45)25(3)21-34(18-19-48-14)41(30(8)37(46)22-39(47)52-38)53-43-31(9)40(44(12)13)29(7)33(11)51-43/h16-17,20,25-35,37-38,40-43,46H,15,18-19,21-23H2,1-14H3/b17-16+,24-20+/t25-,26-,27+,28-,29-,30+,31-,32-,33-,34+,35-,37-,38-,40+,41-,42-,43+/m1/s1. The molecule has 0 saturated carbocycles. The number of ether oxygens (including phenoxy) is 6. The maximum absolute atomic E-state index is 13.7. The molecule has 0 radical (unpaired) electrons. The zero-order valence-electron chi connectivity index (χ0n) is 35.5. The average Bonchev–Trinajstić information content (AvgIpc) is 3.10. The molecule has 10 heteroatoms. The Labute approximate surface area is 321 Å². The van der Waals surface area contributed by atoms with Crippen molar-refractivity contribution >= 4 is 11.8 Å². The number of rotatable bonds is 10. The Hall–Kier alpha value is -1.66. The van der Waals surface area contributed by atoms with Crippen LogP contribution in [0.3, 0.4) is 0 Å². The molecule has 3 rings (SSSR count). The Bertz CT molecular complexity index is 1210. The molecule has 2 fully saturated rings. The van der Waals surface area contributed by atoms with Crippen LogP contribution in [0, 0.1) is 53.3 Å². The van der Waals surface area contributed by atoms with Gasteiger partial charge in [0.25, 0.3) is 0 Å². The quantitative estimate of drug-likeness (QED) is 0.233. The van der Waals surface area contributed by atoms with Crippen LogP contribution in [0.1, 0.15) is 102 Å². The van der Waals surface area contributed by atoms with Crippen molar-refractivity contribution in [2.45, 2.75) is 151 Å². The lowest BCUT2D eigenvalue weighted by molar-refractivity contribution is -0.278.